The van der Waals surface area contributed by atoms with Crippen LogP contribution < -0.4 is 0 Å². The Morgan fingerprint density at radius 2 is 0.857 bits per heavy atom. The smallest absolute Gasteiger partial charge is 0.238 e. The summed E-state index contributed by atoms with van der Waals surface area (Å²) in [7, 11) is 0. The molecular weight excluding hydrogens is 771 g/mol. The van der Waals surface area contributed by atoms with Gasteiger partial charge in [-0.05, 0) is 59.2 Å². The van der Waals surface area contributed by atoms with E-state index in [1.165, 1.54) is 16.5 Å². The molecular formula is C57H35N5O. The van der Waals surface area contributed by atoms with E-state index < -0.39 is 0 Å². The zero-order valence-electron chi connectivity index (χ0n) is 33.9. The summed E-state index contributed by atoms with van der Waals surface area (Å²) in [5, 5.41) is 6.66. The number of fused-ring (bicyclic) bond motifs is 10. The molecule has 0 amide bonds. The summed E-state index contributed by atoms with van der Waals surface area (Å²) in [6.45, 7) is 0. The molecule has 0 atom stereocenters. The number of benzene rings is 9. The van der Waals surface area contributed by atoms with Crippen LogP contribution in [0.2, 0.25) is 0 Å². The second kappa shape index (κ2) is 14.0. The standard InChI is InChI=1S/C57H35N5O/c1-3-16-36(17-4-1)38-20-15-21-39(34-38)41-22-7-11-26-48(41)61-49-27-12-8-23-42(49)46-32-33-47-43-24-9-13-28-50(43)62(54(47)53(46)61)57-59-55(37-18-5-2-6-19-37)58-56(60-57)40-30-31-45-44-25-10-14-29-51(44)63-52(45)35-40/h1-35H. The summed E-state index contributed by atoms with van der Waals surface area (Å²) in [5.41, 5.74) is 13.3. The molecule has 9 aromatic carbocycles. The third kappa shape index (κ3) is 5.55. The van der Waals surface area contributed by atoms with Crippen molar-refractivity contribution in [1.29, 1.82) is 0 Å². The monoisotopic (exact) mass is 805 g/mol. The van der Waals surface area contributed by atoms with Gasteiger partial charge in [-0.2, -0.15) is 9.97 Å². The lowest BCUT2D eigenvalue weighted by Crippen LogP contribution is -2.07. The first kappa shape index (κ1) is 35.2. The van der Waals surface area contributed by atoms with Gasteiger partial charge < -0.3 is 8.98 Å². The van der Waals surface area contributed by atoms with Gasteiger partial charge in [0.2, 0.25) is 5.95 Å². The Hall–Kier alpha value is -8.61. The van der Waals surface area contributed by atoms with Crippen LogP contribution in [0.15, 0.2) is 217 Å². The number of nitrogens with zero attached hydrogens (tertiary/aromatic N) is 5. The summed E-state index contributed by atoms with van der Waals surface area (Å²) in [5.74, 6) is 1.68. The van der Waals surface area contributed by atoms with Crippen molar-refractivity contribution in [3.63, 3.8) is 0 Å². The predicted molar refractivity (Wildman–Crippen MR) is 258 cm³/mol. The number of hydrogen-bond acceptors (Lipinski definition) is 4. The van der Waals surface area contributed by atoms with E-state index in [0.29, 0.717) is 17.6 Å². The molecule has 294 valence electrons. The average Bonchev–Trinajstić information content (AvgIpc) is 4.02. The number of aromatic nitrogens is 5. The van der Waals surface area contributed by atoms with E-state index in [1.807, 2.05) is 36.4 Å². The van der Waals surface area contributed by atoms with Crippen molar-refractivity contribution in [2.75, 3.05) is 0 Å². The number of furan rings is 1. The molecule has 0 aliphatic rings. The van der Waals surface area contributed by atoms with E-state index in [0.717, 1.165) is 88.1 Å². The van der Waals surface area contributed by atoms with Crippen molar-refractivity contribution in [3.05, 3.63) is 212 Å². The molecule has 4 aromatic heterocycles. The second-order valence-corrected chi connectivity index (χ2v) is 16.0. The summed E-state index contributed by atoms with van der Waals surface area (Å²) in [6.07, 6.45) is 0. The Morgan fingerprint density at radius 1 is 0.317 bits per heavy atom. The minimum absolute atomic E-state index is 0.530. The summed E-state index contributed by atoms with van der Waals surface area (Å²) < 4.78 is 11.1. The van der Waals surface area contributed by atoms with Crippen LogP contribution in [0, 0.1) is 0 Å². The van der Waals surface area contributed by atoms with Crippen LogP contribution in [0.1, 0.15) is 0 Å². The van der Waals surface area contributed by atoms with Crippen molar-refractivity contribution in [1.82, 2.24) is 24.1 Å². The third-order valence-electron chi connectivity index (χ3n) is 12.4. The van der Waals surface area contributed by atoms with Crippen molar-refractivity contribution in [2.45, 2.75) is 0 Å². The quantitative estimate of drug-likeness (QED) is 0.168. The fraction of sp³-hybridized carbons (Fsp3) is 0. The van der Waals surface area contributed by atoms with E-state index in [9.17, 15) is 0 Å². The second-order valence-electron chi connectivity index (χ2n) is 16.0. The highest BCUT2D eigenvalue weighted by atomic mass is 16.3. The molecule has 0 fully saturated rings. The zero-order valence-corrected chi connectivity index (χ0v) is 33.9. The molecule has 0 saturated carbocycles. The van der Waals surface area contributed by atoms with Crippen LogP contribution in [-0.4, -0.2) is 24.1 Å². The molecule has 13 aromatic rings. The van der Waals surface area contributed by atoms with Gasteiger partial charge in [0.1, 0.15) is 11.2 Å². The molecule has 6 nitrogen and oxygen atoms in total. The van der Waals surface area contributed by atoms with Crippen molar-refractivity contribution in [3.8, 4) is 56.7 Å². The summed E-state index contributed by atoms with van der Waals surface area (Å²) >= 11 is 0. The maximum Gasteiger partial charge on any atom is 0.238 e. The fourth-order valence-corrected chi connectivity index (χ4v) is 9.54. The molecule has 0 aliphatic heterocycles. The molecule has 0 spiro atoms. The number of para-hydroxylation sites is 4. The Bertz CT molecular complexity index is 3920. The normalized spacial score (nSPS) is 11.8. The lowest BCUT2D eigenvalue weighted by molar-refractivity contribution is 0.669. The van der Waals surface area contributed by atoms with Gasteiger partial charge in [0, 0.05) is 49.0 Å². The van der Waals surface area contributed by atoms with E-state index in [-0.39, 0.29) is 0 Å². The summed E-state index contributed by atoms with van der Waals surface area (Å²) in [4.78, 5) is 15.9. The largest absolute Gasteiger partial charge is 0.456 e. The predicted octanol–water partition coefficient (Wildman–Crippen LogP) is 14.6. The molecule has 13 rings (SSSR count). The minimum Gasteiger partial charge on any atom is -0.456 e. The average molecular weight is 806 g/mol. The molecule has 0 radical (unpaired) electrons. The molecule has 0 bridgehead atoms. The first-order valence-electron chi connectivity index (χ1n) is 21.2. The van der Waals surface area contributed by atoms with Gasteiger partial charge in [0.25, 0.3) is 0 Å². The molecule has 4 heterocycles. The van der Waals surface area contributed by atoms with Gasteiger partial charge in [-0.1, -0.05) is 170 Å². The van der Waals surface area contributed by atoms with E-state index in [4.69, 9.17) is 19.4 Å². The van der Waals surface area contributed by atoms with Gasteiger partial charge in [0.15, 0.2) is 11.6 Å². The molecule has 6 heteroatoms. The summed E-state index contributed by atoms with van der Waals surface area (Å²) in [6, 6.07) is 74.6. The first-order valence-corrected chi connectivity index (χ1v) is 21.2. The topological polar surface area (TPSA) is 61.7 Å². The zero-order chi connectivity index (χ0) is 41.4. The van der Waals surface area contributed by atoms with Crippen molar-refractivity contribution >= 4 is 65.6 Å². The number of hydrogen-bond donors (Lipinski definition) is 0. The minimum atomic E-state index is 0.530. The van der Waals surface area contributed by atoms with Gasteiger partial charge in [0.05, 0.1) is 27.8 Å². The molecule has 63 heavy (non-hydrogen) atoms. The first-order chi connectivity index (χ1) is 31.2. The highest BCUT2D eigenvalue weighted by Crippen LogP contribution is 2.43. The Morgan fingerprint density at radius 3 is 1.62 bits per heavy atom. The SMILES string of the molecule is c1ccc(-c2cccc(-c3ccccc3-n3c4ccccc4c4ccc5c6ccccc6n(-c6nc(-c7ccccc7)nc(-c7ccc8c(c7)oc7ccccc78)n6)c5c43)c2)cc1. The van der Waals surface area contributed by atoms with Crippen LogP contribution in [0.3, 0.4) is 0 Å². The van der Waals surface area contributed by atoms with Gasteiger partial charge in [-0.15, -0.1) is 0 Å². The van der Waals surface area contributed by atoms with Gasteiger partial charge in [-0.3, -0.25) is 4.57 Å². The van der Waals surface area contributed by atoms with Crippen molar-refractivity contribution in [2.24, 2.45) is 0 Å². The van der Waals surface area contributed by atoms with Crippen LogP contribution >= 0.6 is 0 Å². The number of rotatable bonds is 6. The van der Waals surface area contributed by atoms with Gasteiger partial charge in [-0.25, -0.2) is 4.98 Å². The van der Waals surface area contributed by atoms with Crippen molar-refractivity contribution < 1.29 is 4.42 Å². The maximum atomic E-state index is 6.37. The van der Waals surface area contributed by atoms with Crippen LogP contribution in [0.5, 0.6) is 0 Å². The Balaban J connectivity index is 1.12. The lowest BCUT2D eigenvalue weighted by atomic mass is 9.98. The highest BCUT2D eigenvalue weighted by Gasteiger charge is 2.24. The van der Waals surface area contributed by atoms with Crippen LogP contribution in [0.25, 0.3) is 122 Å². The maximum absolute atomic E-state index is 6.37. The molecule has 0 aliphatic carbocycles. The lowest BCUT2D eigenvalue weighted by Gasteiger charge is -2.16. The van der Waals surface area contributed by atoms with Crippen LogP contribution in [0.4, 0.5) is 0 Å². The van der Waals surface area contributed by atoms with E-state index in [1.54, 1.807) is 0 Å². The Labute approximate surface area is 361 Å². The van der Waals surface area contributed by atoms with E-state index >= 15 is 0 Å². The fourth-order valence-electron chi connectivity index (χ4n) is 9.54. The third-order valence-corrected chi connectivity index (χ3v) is 12.4. The van der Waals surface area contributed by atoms with Crippen LogP contribution in [-0.2, 0) is 0 Å². The van der Waals surface area contributed by atoms with E-state index in [2.05, 4.69) is 185 Å². The molecule has 0 unspecified atom stereocenters. The highest BCUT2D eigenvalue weighted by molar-refractivity contribution is 6.24. The Kier molecular flexibility index (Phi) is 7.80. The van der Waals surface area contributed by atoms with Gasteiger partial charge >= 0.3 is 0 Å². The molecule has 0 saturated heterocycles. The molecule has 0 N–H and O–H groups in total.